The molecule has 0 amide bonds. The number of benzene rings is 1. The smallest absolute Gasteiger partial charge is 0.191 e. The van der Waals surface area contributed by atoms with Gasteiger partial charge < -0.3 is 25.2 Å². The van der Waals surface area contributed by atoms with Gasteiger partial charge in [-0.1, -0.05) is 25.0 Å². The highest BCUT2D eigenvalue weighted by Crippen LogP contribution is 2.31. The van der Waals surface area contributed by atoms with E-state index in [-0.39, 0.29) is 30.1 Å². The molecule has 2 aliphatic rings. The third kappa shape index (κ3) is 5.64. The summed E-state index contributed by atoms with van der Waals surface area (Å²) in [5.74, 6) is 2.27. The number of nitrogens with one attached hydrogen (secondary N) is 2. The van der Waals surface area contributed by atoms with Gasteiger partial charge in [-0.3, -0.25) is 4.99 Å². The molecule has 140 valence electrons. The minimum Gasteiger partial charge on any atom is -0.486 e. The summed E-state index contributed by atoms with van der Waals surface area (Å²) < 4.78 is 11.7. The highest BCUT2D eigenvalue weighted by Gasteiger charge is 2.30. The van der Waals surface area contributed by atoms with Gasteiger partial charge in [-0.2, -0.15) is 0 Å². The number of guanidine groups is 1. The second-order valence-corrected chi connectivity index (χ2v) is 6.51. The Morgan fingerprint density at radius 1 is 1.24 bits per heavy atom. The van der Waals surface area contributed by atoms with E-state index in [1.54, 1.807) is 0 Å². The Morgan fingerprint density at radius 3 is 2.68 bits per heavy atom. The summed E-state index contributed by atoms with van der Waals surface area (Å²) in [5, 5.41) is 16.9. The van der Waals surface area contributed by atoms with Crippen molar-refractivity contribution < 1.29 is 14.6 Å². The second-order valence-electron chi connectivity index (χ2n) is 6.51. The molecule has 25 heavy (non-hydrogen) atoms. The zero-order chi connectivity index (χ0) is 16.8. The Kier molecular flexibility index (Phi) is 7.61. The van der Waals surface area contributed by atoms with E-state index in [1.165, 1.54) is 0 Å². The number of aliphatic imine (C=N–C) groups is 1. The lowest BCUT2D eigenvalue weighted by molar-refractivity contribution is 0.0573. The average Bonchev–Trinajstić information content (AvgIpc) is 3.04. The largest absolute Gasteiger partial charge is 0.486 e. The van der Waals surface area contributed by atoms with E-state index < -0.39 is 5.60 Å². The monoisotopic (exact) mass is 461 g/mol. The molecule has 1 unspecified atom stereocenters. The summed E-state index contributed by atoms with van der Waals surface area (Å²) >= 11 is 0. The van der Waals surface area contributed by atoms with Crippen molar-refractivity contribution in [2.75, 3.05) is 26.2 Å². The zero-order valence-electron chi connectivity index (χ0n) is 14.7. The molecule has 1 heterocycles. The van der Waals surface area contributed by atoms with Crippen molar-refractivity contribution in [2.45, 2.75) is 44.3 Å². The molecule has 6 nitrogen and oxygen atoms in total. The molecular weight excluding hydrogens is 433 g/mol. The minimum atomic E-state index is -0.633. The molecule has 1 saturated carbocycles. The molecule has 1 aliphatic heterocycles. The topological polar surface area (TPSA) is 75.1 Å². The van der Waals surface area contributed by atoms with Crippen LogP contribution in [0.3, 0.4) is 0 Å². The number of fused-ring (bicyclic) bond motifs is 1. The Labute approximate surface area is 166 Å². The molecule has 3 N–H and O–H groups in total. The molecule has 1 aromatic rings. The van der Waals surface area contributed by atoms with Gasteiger partial charge in [-0.15, -0.1) is 24.0 Å². The Hall–Kier alpha value is -1.22. The molecule has 3 rings (SSSR count). The fraction of sp³-hybridized carbons (Fsp3) is 0.611. The predicted octanol–water partition coefficient (Wildman–Crippen LogP) is 2.30. The van der Waals surface area contributed by atoms with Crippen LogP contribution in [0, 0.1) is 0 Å². The lowest BCUT2D eigenvalue weighted by Crippen LogP contribution is -2.46. The molecule has 1 aromatic carbocycles. The van der Waals surface area contributed by atoms with Crippen molar-refractivity contribution in [3.63, 3.8) is 0 Å². The maximum atomic E-state index is 10.4. The van der Waals surface area contributed by atoms with E-state index in [2.05, 4.69) is 15.6 Å². The molecule has 1 atom stereocenters. The third-order valence-electron chi connectivity index (χ3n) is 4.47. The van der Waals surface area contributed by atoms with Gasteiger partial charge in [0.25, 0.3) is 0 Å². The first-order chi connectivity index (χ1) is 11.7. The summed E-state index contributed by atoms with van der Waals surface area (Å²) in [4.78, 5) is 4.54. The van der Waals surface area contributed by atoms with E-state index in [1.807, 2.05) is 31.2 Å². The van der Waals surface area contributed by atoms with E-state index >= 15 is 0 Å². The molecule has 0 spiro atoms. The number of ether oxygens (including phenoxy) is 2. The first-order valence-electron chi connectivity index (χ1n) is 8.81. The summed E-state index contributed by atoms with van der Waals surface area (Å²) in [5.41, 5.74) is -0.633. The summed E-state index contributed by atoms with van der Waals surface area (Å²) in [6, 6.07) is 7.69. The number of hydrogen-bond acceptors (Lipinski definition) is 4. The van der Waals surface area contributed by atoms with Crippen LogP contribution in [0.1, 0.15) is 32.6 Å². The first-order valence-corrected chi connectivity index (χ1v) is 8.81. The molecule has 0 aromatic heterocycles. The van der Waals surface area contributed by atoms with Crippen LogP contribution in [0.4, 0.5) is 0 Å². The van der Waals surface area contributed by atoms with E-state index in [0.29, 0.717) is 25.7 Å². The van der Waals surface area contributed by atoms with Gasteiger partial charge in [-0.05, 0) is 31.9 Å². The quantitative estimate of drug-likeness (QED) is 0.357. The highest BCUT2D eigenvalue weighted by molar-refractivity contribution is 14.0. The van der Waals surface area contributed by atoms with Gasteiger partial charge in [-0.25, -0.2) is 0 Å². The van der Waals surface area contributed by atoms with Crippen LogP contribution in [-0.2, 0) is 0 Å². The van der Waals surface area contributed by atoms with Crippen LogP contribution in [0.15, 0.2) is 29.3 Å². The number of aliphatic hydroxyl groups is 1. The van der Waals surface area contributed by atoms with Gasteiger partial charge in [0.05, 0.1) is 18.7 Å². The van der Waals surface area contributed by atoms with Crippen LogP contribution < -0.4 is 20.1 Å². The van der Waals surface area contributed by atoms with Crippen molar-refractivity contribution in [1.82, 2.24) is 10.6 Å². The molecule has 1 fully saturated rings. The van der Waals surface area contributed by atoms with Crippen molar-refractivity contribution in [1.29, 1.82) is 0 Å². The lowest BCUT2D eigenvalue weighted by Gasteiger charge is -2.27. The van der Waals surface area contributed by atoms with Gasteiger partial charge >= 0.3 is 0 Å². The number of nitrogens with zero attached hydrogens (tertiary/aromatic N) is 1. The van der Waals surface area contributed by atoms with Crippen LogP contribution in [0.25, 0.3) is 0 Å². The van der Waals surface area contributed by atoms with Crippen molar-refractivity contribution >= 4 is 29.9 Å². The molecule has 0 saturated heterocycles. The average molecular weight is 461 g/mol. The van der Waals surface area contributed by atoms with Gasteiger partial charge in [0.15, 0.2) is 17.5 Å². The van der Waals surface area contributed by atoms with Gasteiger partial charge in [0.2, 0.25) is 0 Å². The van der Waals surface area contributed by atoms with Crippen molar-refractivity contribution in [3.05, 3.63) is 24.3 Å². The van der Waals surface area contributed by atoms with Crippen LogP contribution in [-0.4, -0.2) is 49.0 Å². The van der Waals surface area contributed by atoms with Gasteiger partial charge in [0.1, 0.15) is 12.7 Å². The fourth-order valence-electron chi connectivity index (χ4n) is 3.13. The summed E-state index contributed by atoms with van der Waals surface area (Å²) in [6.07, 6.45) is 3.78. The molecule has 7 heteroatoms. The Balaban J connectivity index is 0.00000225. The Bertz CT molecular complexity index is 576. The summed E-state index contributed by atoms with van der Waals surface area (Å²) in [6.45, 7) is 4.34. The minimum absolute atomic E-state index is 0. The first kappa shape index (κ1) is 20.1. The lowest BCUT2D eigenvalue weighted by atomic mass is 10.0. The number of rotatable bonds is 5. The standard InChI is InChI=1S/C18H27N3O3.HI/c1-2-19-17(21-13-18(22)9-5-6-10-18)20-11-14-12-23-15-7-3-4-8-16(15)24-14;/h3-4,7-8,14,22H,2,5-6,9-13H2,1H3,(H2,19,20,21);1H. The van der Waals surface area contributed by atoms with Crippen molar-refractivity contribution in [3.8, 4) is 11.5 Å². The molecule has 0 radical (unpaired) electrons. The Morgan fingerprint density at radius 2 is 1.96 bits per heavy atom. The number of para-hydroxylation sites is 2. The second kappa shape index (κ2) is 9.47. The maximum Gasteiger partial charge on any atom is 0.191 e. The van der Waals surface area contributed by atoms with Gasteiger partial charge in [0, 0.05) is 6.54 Å². The molecule has 1 aliphatic carbocycles. The zero-order valence-corrected chi connectivity index (χ0v) is 17.0. The van der Waals surface area contributed by atoms with E-state index in [9.17, 15) is 5.11 Å². The maximum absolute atomic E-state index is 10.4. The predicted molar refractivity (Wildman–Crippen MR) is 109 cm³/mol. The highest BCUT2D eigenvalue weighted by atomic mass is 127. The van der Waals surface area contributed by atoms with Crippen LogP contribution in [0.2, 0.25) is 0 Å². The molecule has 0 bridgehead atoms. The third-order valence-corrected chi connectivity index (χ3v) is 4.47. The summed E-state index contributed by atoms with van der Waals surface area (Å²) in [7, 11) is 0. The van der Waals surface area contributed by atoms with Crippen molar-refractivity contribution in [2.24, 2.45) is 4.99 Å². The normalized spacial score (nSPS) is 21.4. The molecular formula is C18H28IN3O3. The number of hydrogen-bond donors (Lipinski definition) is 3. The number of halogens is 1. The van der Waals surface area contributed by atoms with E-state index in [4.69, 9.17) is 9.47 Å². The SMILES string of the molecule is CCNC(=NCC1(O)CCCC1)NCC1COc2ccccc2O1.I. The van der Waals surface area contributed by atoms with E-state index in [0.717, 1.165) is 43.7 Å². The van der Waals surface area contributed by atoms with Crippen LogP contribution in [0.5, 0.6) is 11.5 Å². The van der Waals surface area contributed by atoms with Crippen LogP contribution >= 0.6 is 24.0 Å². The fourth-order valence-corrected chi connectivity index (χ4v) is 3.13.